The maximum absolute atomic E-state index is 12.2. The van der Waals surface area contributed by atoms with Crippen LogP contribution in [0, 0.1) is 5.92 Å². The lowest BCUT2D eigenvalue weighted by atomic mass is 9.75. The third-order valence-corrected chi connectivity index (χ3v) is 4.90. The Labute approximate surface area is 149 Å². The Bertz CT molecular complexity index is 779. The van der Waals surface area contributed by atoms with Crippen LogP contribution in [0.25, 0.3) is 10.9 Å². The molecule has 0 atom stereocenters. The van der Waals surface area contributed by atoms with Crippen molar-refractivity contribution in [3.8, 4) is 0 Å². The van der Waals surface area contributed by atoms with Gasteiger partial charge in [0.05, 0.1) is 5.52 Å². The van der Waals surface area contributed by atoms with Gasteiger partial charge in [0.1, 0.15) is 5.60 Å². The van der Waals surface area contributed by atoms with Gasteiger partial charge < -0.3 is 4.74 Å². The molecule has 0 amide bonds. The Hall–Kier alpha value is -2.23. The molecule has 0 saturated heterocycles. The number of hydrogen-bond donors (Lipinski definition) is 0. The summed E-state index contributed by atoms with van der Waals surface area (Å²) in [6, 6.07) is 4.06. The Morgan fingerprint density at radius 3 is 2.56 bits per heavy atom. The van der Waals surface area contributed by atoms with Crippen molar-refractivity contribution >= 4 is 16.9 Å². The third kappa shape index (κ3) is 4.06. The van der Waals surface area contributed by atoms with Crippen molar-refractivity contribution in [2.75, 3.05) is 0 Å². The zero-order chi connectivity index (χ0) is 18.0. The number of rotatable bonds is 3. The lowest BCUT2D eigenvalue weighted by molar-refractivity contribution is -0.150. The van der Waals surface area contributed by atoms with Gasteiger partial charge in [-0.15, -0.1) is 0 Å². The van der Waals surface area contributed by atoms with Crippen molar-refractivity contribution in [1.29, 1.82) is 0 Å². The van der Waals surface area contributed by atoms with Gasteiger partial charge in [-0.05, 0) is 76.0 Å². The second-order valence-electron chi connectivity index (χ2n) is 7.87. The highest BCUT2D eigenvalue weighted by molar-refractivity contribution is 5.88. The first-order valence-corrected chi connectivity index (χ1v) is 8.96. The molecule has 3 rings (SSSR count). The summed E-state index contributed by atoms with van der Waals surface area (Å²) in [7, 11) is 0. The zero-order valence-electron chi connectivity index (χ0n) is 15.3. The van der Waals surface area contributed by atoms with Gasteiger partial charge in [0, 0.05) is 29.5 Å². The summed E-state index contributed by atoms with van der Waals surface area (Å²) >= 11 is 0. The van der Waals surface area contributed by atoms with E-state index in [9.17, 15) is 4.79 Å². The van der Waals surface area contributed by atoms with Crippen LogP contribution in [0.4, 0.5) is 0 Å². The fraction of sp³-hybridized carbons (Fsp3) is 0.476. The van der Waals surface area contributed by atoms with Crippen LogP contribution in [0.3, 0.4) is 0 Å². The van der Waals surface area contributed by atoms with E-state index in [2.05, 4.69) is 22.6 Å². The predicted octanol–water partition coefficient (Wildman–Crippen LogP) is 4.80. The summed E-state index contributed by atoms with van der Waals surface area (Å²) in [6.45, 7) is 9.68. The van der Waals surface area contributed by atoms with E-state index in [0.717, 1.165) is 36.6 Å². The van der Waals surface area contributed by atoms with E-state index in [4.69, 9.17) is 4.74 Å². The van der Waals surface area contributed by atoms with E-state index >= 15 is 0 Å². The molecular formula is C21H26N2O2. The van der Waals surface area contributed by atoms with E-state index in [-0.39, 0.29) is 11.9 Å². The quantitative estimate of drug-likeness (QED) is 0.596. The molecule has 25 heavy (non-hydrogen) atoms. The number of ether oxygens (including phenoxy) is 1. The standard InChI is InChI=1S/C21H26N2O2/c1-14(20(24)25-21(2,3)4)15-5-7-16(8-6-15)17-9-12-23-19-10-11-22-13-18(17)19/h9-13,15-16H,1,5-8H2,2-4H3. The van der Waals surface area contributed by atoms with Crippen molar-refractivity contribution in [3.63, 3.8) is 0 Å². The molecule has 0 aromatic carbocycles. The molecule has 2 aromatic heterocycles. The Kier molecular flexibility index (Phi) is 4.89. The average molecular weight is 338 g/mol. The van der Waals surface area contributed by atoms with Gasteiger partial charge in [-0.3, -0.25) is 9.97 Å². The largest absolute Gasteiger partial charge is 0.457 e. The van der Waals surface area contributed by atoms with Crippen LogP contribution >= 0.6 is 0 Å². The summed E-state index contributed by atoms with van der Waals surface area (Å²) < 4.78 is 5.47. The number of aromatic nitrogens is 2. The molecule has 2 heterocycles. The third-order valence-electron chi connectivity index (χ3n) is 4.90. The molecule has 1 fully saturated rings. The van der Waals surface area contributed by atoms with Crippen molar-refractivity contribution in [2.45, 2.75) is 58.0 Å². The van der Waals surface area contributed by atoms with Gasteiger partial charge in [0.25, 0.3) is 0 Å². The fourth-order valence-corrected chi connectivity index (χ4v) is 3.63. The number of nitrogens with zero attached hydrogens (tertiary/aromatic N) is 2. The minimum atomic E-state index is -0.472. The number of fused-ring (bicyclic) bond motifs is 1. The summed E-state index contributed by atoms with van der Waals surface area (Å²) in [5.41, 5.74) is 2.46. The number of pyridine rings is 2. The molecule has 0 bridgehead atoms. The van der Waals surface area contributed by atoms with Crippen molar-refractivity contribution in [1.82, 2.24) is 9.97 Å². The fourth-order valence-electron chi connectivity index (χ4n) is 3.63. The monoisotopic (exact) mass is 338 g/mol. The van der Waals surface area contributed by atoms with E-state index in [1.54, 1.807) is 6.20 Å². The number of esters is 1. The Balaban J connectivity index is 1.67. The van der Waals surface area contributed by atoms with Crippen molar-refractivity contribution < 1.29 is 9.53 Å². The maximum atomic E-state index is 12.2. The molecule has 0 N–H and O–H groups in total. The molecule has 4 heteroatoms. The van der Waals surface area contributed by atoms with Gasteiger partial charge >= 0.3 is 5.97 Å². The molecule has 0 spiro atoms. The second-order valence-corrected chi connectivity index (χ2v) is 7.87. The average Bonchev–Trinajstić information content (AvgIpc) is 2.59. The first kappa shape index (κ1) is 17.6. The van der Waals surface area contributed by atoms with Gasteiger partial charge in [-0.2, -0.15) is 0 Å². The molecule has 0 unspecified atom stereocenters. The SMILES string of the molecule is C=C(C(=O)OC(C)(C)C)C1CCC(c2ccnc3ccncc23)CC1. The van der Waals surface area contributed by atoms with Crippen LogP contribution < -0.4 is 0 Å². The molecule has 0 radical (unpaired) electrons. The molecular weight excluding hydrogens is 312 g/mol. The summed E-state index contributed by atoms with van der Waals surface area (Å²) in [6.07, 6.45) is 9.58. The first-order chi connectivity index (χ1) is 11.8. The van der Waals surface area contributed by atoms with Crippen LogP contribution in [-0.4, -0.2) is 21.5 Å². The number of carbonyl (C=O) groups is 1. The van der Waals surface area contributed by atoms with E-state index < -0.39 is 5.60 Å². The molecule has 1 aliphatic carbocycles. The summed E-state index contributed by atoms with van der Waals surface area (Å²) in [4.78, 5) is 20.9. The van der Waals surface area contributed by atoms with Crippen LogP contribution in [-0.2, 0) is 9.53 Å². The molecule has 2 aromatic rings. The lowest BCUT2D eigenvalue weighted by Crippen LogP contribution is -2.28. The van der Waals surface area contributed by atoms with Gasteiger partial charge in [0.15, 0.2) is 0 Å². The first-order valence-electron chi connectivity index (χ1n) is 8.96. The highest BCUT2D eigenvalue weighted by Gasteiger charge is 2.29. The topological polar surface area (TPSA) is 52.1 Å². The maximum Gasteiger partial charge on any atom is 0.334 e. The van der Waals surface area contributed by atoms with Gasteiger partial charge in [0.2, 0.25) is 0 Å². The second kappa shape index (κ2) is 6.95. The highest BCUT2D eigenvalue weighted by atomic mass is 16.6. The summed E-state index contributed by atoms with van der Waals surface area (Å²) in [5.74, 6) is 0.448. The van der Waals surface area contributed by atoms with E-state index in [0.29, 0.717) is 11.5 Å². The normalized spacial score (nSPS) is 21.1. The van der Waals surface area contributed by atoms with Gasteiger partial charge in [-0.25, -0.2) is 4.79 Å². The van der Waals surface area contributed by atoms with Gasteiger partial charge in [-0.1, -0.05) is 6.58 Å². The molecule has 4 nitrogen and oxygen atoms in total. The lowest BCUT2D eigenvalue weighted by Gasteiger charge is -2.31. The molecule has 132 valence electrons. The highest BCUT2D eigenvalue weighted by Crippen LogP contribution is 2.40. The molecule has 1 aliphatic rings. The van der Waals surface area contributed by atoms with Crippen LogP contribution in [0.2, 0.25) is 0 Å². The smallest absolute Gasteiger partial charge is 0.334 e. The van der Waals surface area contributed by atoms with Crippen molar-refractivity contribution in [2.24, 2.45) is 5.92 Å². The number of carbonyl (C=O) groups excluding carboxylic acids is 1. The molecule has 1 saturated carbocycles. The van der Waals surface area contributed by atoms with Crippen molar-refractivity contribution in [3.05, 3.63) is 48.4 Å². The van der Waals surface area contributed by atoms with Crippen LogP contribution in [0.1, 0.15) is 57.9 Å². The zero-order valence-corrected chi connectivity index (χ0v) is 15.3. The van der Waals surface area contributed by atoms with E-state index in [1.165, 1.54) is 5.56 Å². The van der Waals surface area contributed by atoms with Crippen LogP contribution in [0.5, 0.6) is 0 Å². The molecule has 0 aliphatic heterocycles. The Morgan fingerprint density at radius 1 is 1.16 bits per heavy atom. The Morgan fingerprint density at radius 2 is 1.88 bits per heavy atom. The minimum Gasteiger partial charge on any atom is -0.457 e. The number of hydrogen-bond acceptors (Lipinski definition) is 4. The predicted molar refractivity (Wildman–Crippen MR) is 99.2 cm³/mol. The summed E-state index contributed by atoms with van der Waals surface area (Å²) in [5, 5.41) is 1.14. The van der Waals surface area contributed by atoms with Crippen LogP contribution in [0.15, 0.2) is 42.9 Å². The van der Waals surface area contributed by atoms with E-state index in [1.807, 2.05) is 39.2 Å². The minimum absolute atomic E-state index is 0.220.